The molecule has 1 N–H and O–H groups in total. The van der Waals surface area contributed by atoms with Gasteiger partial charge in [-0.2, -0.15) is 0 Å². The highest BCUT2D eigenvalue weighted by Crippen LogP contribution is 2.49. The second kappa shape index (κ2) is 8.30. The van der Waals surface area contributed by atoms with Crippen LogP contribution in [0, 0.1) is 0 Å². The molecule has 0 atom stereocenters. The lowest BCUT2D eigenvalue weighted by Crippen LogP contribution is -2.10. The Hall–Kier alpha value is -2.13. The molecule has 1 aliphatic heterocycles. The van der Waals surface area contributed by atoms with E-state index < -0.39 is 11.9 Å². The van der Waals surface area contributed by atoms with Gasteiger partial charge in [-0.1, -0.05) is 46.7 Å². The molecule has 132 valence electrons. The number of nitrogens with zero attached hydrogens (tertiary/aromatic N) is 1. The predicted molar refractivity (Wildman–Crippen MR) is 98.2 cm³/mol. The summed E-state index contributed by atoms with van der Waals surface area (Å²) in [6.07, 6.45) is 2.92. The molecule has 2 rings (SSSR count). The minimum Gasteiger partial charge on any atom is -0.493 e. The number of thiazole rings is 1. The maximum Gasteiger partial charge on any atom is 0.346 e. The summed E-state index contributed by atoms with van der Waals surface area (Å²) in [5.41, 5.74) is 2.87. The molecule has 0 amide bonds. The molecule has 0 unspecified atom stereocenters. The monoisotopic (exact) mass is 399 g/mol. The summed E-state index contributed by atoms with van der Waals surface area (Å²) in [5.74, 6) is -1.50. The van der Waals surface area contributed by atoms with Crippen molar-refractivity contribution in [2.45, 2.75) is 6.54 Å². The Bertz CT molecular complexity index is 856. The maximum absolute atomic E-state index is 11.8. The molecule has 10 heteroatoms. The first-order chi connectivity index (χ1) is 11.9. The highest BCUT2D eigenvalue weighted by atomic mass is 32.2. The highest BCUT2D eigenvalue weighted by Gasteiger charge is 2.32. The van der Waals surface area contributed by atoms with Gasteiger partial charge in [0.15, 0.2) is 0 Å². The first-order valence-electron chi connectivity index (χ1n) is 6.69. The van der Waals surface area contributed by atoms with Crippen molar-refractivity contribution in [3.63, 3.8) is 0 Å². The molecule has 0 aromatic carbocycles. The highest BCUT2D eigenvalue weighted by molar-refractivity contribution is 8.29. The van der Waals surface area contributed by atoms with Crippen molar-refractivity contribution < 1.29 is 24.2 Å². The molecular formula is C15H13NO6S3. The fraction of sp³-hybridized carbons (Fsp3) is 0.200. The first kappa shape index (κ1) is 19.2. The van der Waals surface area contributed by atoms with E-state index in [1.165, 1.54) is 30.9 Å². The molecule has 0 bridgehead atoms. The molecule has 2 heterocycles. The standard InChI is InChI=1S/C15H13NO6S3/c1-4-7-16-12(17)8(23-15(16)20)5-6-9-24-10(13(18)21-2)11(25-9)14(19)22-3/h4-5,17H,1,7H2,2-3H3. The van der Waals surface area contributed by atoms with E-state index in [4.69, 9.17) is 0 Å². The van der Waals surface area contributed by atoms with Crippen LogP contribution >= 0.6 is 34.9 Å². The summed E-state index contributed by atoms with van der Waals surface area (Å²) in [4.78, 5) is 35.5. The number of methoxy groups -OCH3 is 2. The zero-order chi connectivity index (χ0) is 18.6. The van der Waals surface area contributed by atoms with Crippen LogP contribution in [0.2, 0.25) is 0 Å². The zero-order valence-electron chi connectivity index (χ0n) is 13.2. The van der Waals surface area contributed by atoms with Crippen LogP contribution in [-0.4, -0.2) is 35.8 Å². The van der Waals surface area contributed by atoms with Gasteiger partial charge in [0.05, 0.1) is 18.5 Å². The summed E-state index contributed by atoms with van der Waals surface area (Å²) in [6.45, 7) is 3.72. The van der Waals surface area contributed by atoms with E-state index >= 15 is 0 Å². The fourth-order valence-corrected chi connectivity index (χ4v) is 4.72. The van der Waals surface area contributed by atoms with Crippen LogP contribution in [0.4, 0.5) is 0 Å². The van der Waals surface area contributed by atoms with Crippen molar-refractivity contribution in [3.05, 3.63) is 47.0 Å². The molecule has 1 aromatic heterocycles. The fourth-order valence-electron chi connectivity index (χ4n) is 1.73. The molecule has 25 heavy (non-hydrogen) atoms. The summed E-state index contributed by atoms with van der Waals surface area (Å²) in [5, 5.41) is 10.0. The number of allylic oxidation sites excluding steroid dienone is 1. The van der Waals surface area contributed by atoms with Crippen LogP contribution in [-0.2, 0) is 25.6 Å². The first-order valence-corrected chi connectivity index (χ1v) is 9.14. The minimum absolute atomic E-state index is 0.108. The Labute approximate surface area is 155 Å². The largest absolute Gasteiger partial charge is 0.493 e. The van der Waals surface area contributed by atoms with E-state index in [9.17, 15) is 19.5 Å². The van der Waals surface area contributed by atoms with Crippen LogP contribution in [0.5, 0.6) is 5.88 Å². The number of rotatable bonds is 5. The van der Waals surface area contributed by atoms with Gasteiger partial charge < -0.3 is 14.6 Å². The van der Waals surface area contributed by atoms with Gasteiger partial charge in [0.25, 0.3) is 0 Å². The zero-order valence-corrected chi connectivity index (χ0v) is 15.7. The van der Waals surface area contributed by atoms with Gasteiger partial charge in [-0.05, 0) is 0 Å². The van der Waals surface area contributed by atoms with Crippen LogP contribution in [0.25, 0.3) is 6.08 Å². The lowest BCUT2D eigenvalue weighted by Gasteiger charge is -2.00. The predicted octanol–water partition coefficient (Wildman–Crippen LogP) is 2.29. The van der Waals surface area contributed by atoms with Crippen molar-refractivity contribution in [1.29, 1.82) is 0 Å². The molecule has 0 radical (unpaired) electrons. The summed E-state index contributed by atoms with van der Waals surface area (Å²) >= 11 is 2.86. The quantitative estimate of drug-likeness (QED) is 0.458. The SMILES string of the molecule is C=CCn1c(O)c(C=C=C2SC(C(=O)OC)=C(C(=O)OC)S2)sc1=O. The maximum atomic E-state index is 11.8. The van der Waals surface area contributed by atoms with Gasteiger partial charge in [-0.15, -0.1) is 6.58 Å². The van der Waals surface area contributed by atoms with Gasteiger partial charge in [-0.3, -0.25) is 9.36 Å². The molecule has 1 aromatic rings. The lowest BCUT2D eigenvalue weighted by atomic mass is 10.5. The lowest BCUT2D eigenvalue weighted by molar-refractivity contribution is -0.138. The van der Waals surface area contributed by atoms with Crippen LogP contribution in [0.1, 0.15) is 4.88 Å². The number of carbonyl (C=O) groups excluding carboxylic acids is 2. The van der Waals surface area contributed by atoms with Gasteiger partial charge in [-0.25, -0.2) is 9.59 Å². The molecule has 0 fully saturated rings. The van der Waals surface area contributed by atoms with E-state index in [0.717, 1.165) is 34.9 Å². The van der Waals surface area contributed by atoms with Gasteiger partial charge in [0, 0.05) is 12.6 Å². The molecule has 0 saturated carbocycles. The summed E-state index contributed by atoms with van der Waals surface area (Å²) in [7, 11) is 2.43. The minimum atomic E-state index is -0.653. The third-order valence-corrected chi connectivity index (χ3v) is 6.16. The number of carbonyl (C=O) groups is 2. The van der Waals surface area contributed by atoms with E-state index in [2.05, 4.69) is 21.8 Å². The van der Waals surface area contributed by atoms with E-state index in [0.29, 0.717) is 9.11 Å². The van der Waals surface area contributed by atoms with Gasteiger partial charge in [0.1, 0.15) is 14.7 Å². The molecule has 0 aliphatic carbocycles. The molecule has 7 nitrogen and oxygen atoms in total. The van der Waals surface area contributed by atoms with E-state index in [1.54, 1.807) is 0 Å². The second-order valence-electron chi connectivity index (χ2n) is 4.38. The number of esters is 2. The number of aromatic nitrogens is 1. The van der Waals surface area contributed by atoms with Crippen molar-refractivity contribution in [1.82, 2.24) is 4.57 Å². The van der Waals surface area contributed by atoms with Crippen molar-refractivity contribution in [2.75, 3.05) is 14.2 Å². The Morgan fingerprint density at radius 1 is 1.24 bits per heavy atom. The van der Waals surface area contributed by atoms with Crippen LogP contribution in [0.3, 0.4) is 0 Å². The van der Waals surface area contributed by atoms with Gasteiger partial charge >= 0.3 is 16.8 Å². The Kier molecular flexibility index (Phi) is 6.38. The average Bonchev–Trinajstić information content (AvgIpc) is 3.15. The Morgan fingerprint density at radius 2 is 1.80 bits per heavy atom. The van der Waals surface area contributed by atoms with Gasteiger partial charge in [0.2, 0.25) is 5.88 Å². The summed E-state index contributed by atoms with van der Waals surface area (Å²) < 4.78 is 11.0. The van der Waals surface area contributed by atoms with Crippen molar-refractivity contribution in [3.8, 4) is 5.88 Å². The Balaban J connectivity index is 2.35. The number of ether oxygens (including phenoxy) is 2. The molecule has 1 aliphatic rings. The number of hydrogen-bond donors (Lipinski definition) is 1. The molecule has 0 saturated heterocycles. The summed E-state index contributed by atoms with van der Waals surface area (Å²) in [6, 6.07) is 0. The van der Waals surface area contributed by atoms with Crippen molar-refractivity contribution in [2.24, 2.45) is 0 Å². The van der Waals surface area contributed by atoms with Crippen LogP contribution < -0.4 is 4.87 Å². The molecule has 0 spiro atoms. The number of hydrogen-bond acceptors (Lipinski definition) is 9. The third-order valence-electron chi connectivity index (χ3n) is 2.86. The van der Waals surface area contributed by atoms with Crippen molar-refractivity contribution >= 4 is 52.9 Å². The number of thioether (sulfide) groups is 2. The topological polar surface area (TPSA) is 94.8 Å². The number of aromatic hydroxyl groups is 1. The third kappa shape index (κ3) is 4.10. The van der Waals surface area contributed by atoms with Crippen LogP contribution in [0.15, 0.2) is 37.2 Å². The van der Waals surface area contributed by atoms with E-state index in [1.807, 2.05) is 0 Å². The smallest absolute Gasteiger partial charge is 0.346 e. The van der Waals surface area contributed by atoms with E-state index in [-0.39, 0.29) is 27.1 Å². The molecular weight excluding hydrogens is 386 g/mol. The Morgan fingerprint density at radius 3 is 2.28 bits per heavy atom. The normalized spacial score (nSPS) is 13.4. The average molecular weight is 399 g/mol. The second-order valence-corrected chi connectivity index (χ2v) is 7.67.